The highest BCUT2D eigenvalue weighted by Crippen LogP contribution is 2.34. The number of rotatable bonds is 25. The molecular weight excluding hydrogens is 595 g/mol. The first-order valence-electron chi connectivity index (χ1n) is 18.7. The van der Waals surface area contributed by atoms with Gasteiger partial charge in [-0.05, 0) is 56.9 Å². The third kappa shape index (κ3) is 12.1. The van der Waals surface area contributed by atoms with Crippen molar-refractivity contribution in [3.63, 3.8) is 0 Å². The van der Waals surface area contributed by atoms with Gasteiger partial charge in [0.15, 0.2) is 5.70 Å². The van der Waals surface area contributed by atoms with Crippen molar-refractivity contribution >= 4 is 24.7 Å². The number of nitrogens with one attached hydrogen (secondary N) is 1. The fourth-order valence-corrected chi connectivity index (χ4v) is 7.01. The Kier molecular flexibility index (Phi) is 17.2. The first-order valence-corrected chi connectivity index (χ1v) is 18.7. The van der Waals surface area contributed by atoms with Crippen molar-refractivity contribution in [1.29, 1.82) is 0 Å². The monoisotopic (exact) mass is 657 g/mol. The van der Waals surface area contributed by atoms with Gasteiger partial charge in [-0.25, -0.2) is 0 Å². The highest BCUT2D eigenvalue weighted by molar-refractivity contribution is 6.58. The number of unbranched alkanes of at least 4 members (excludes halogenated alkanes) is 16. The molecule has 0 spiro atoms. The Morgan fingerprint density at radius 1 is 0.915 bits per heavy atom. The molecule has 47 heavy (non-hydrogen) atoms. The van der Waals surface area contributed by atoms with Gasteiger partial charge in [0.1, 0.15) is 5.71 Å². The largest absolute Gasteiger partial charge is 0.737 e. The van der Waals surface area contributed by atoms with E-state index >= 15 is 8.63 Å². The Bertz CT molecular complexity index is 1240. The number of carbonyl (C=O) groups is 1. The van der Waals surface area contributed by atoms with Crippen LogP contribution in [0, 0.1) is 13.8 Å². The predicted octanol–water partition coefficient (Wildman–Crippen LogP) is 8.92. The number of aromatic nitrogens is 1. The second-order valence-corrected chi connectivity index (χ2v) is 13.8. The second kappa shape index (κ2) is 20.8. The number of amides is 1. The first kappa shape index (κ1) is 38.9. The molecule has 0 bridgehead atoms. The molecule has 3 heterocycles. The predicted molar refractivity (Wildman–Crippen MR) is 192 cm³/mol. The maximum Gasteiger partial charge on any atom is 0.737 e. The van der Waals surface area contributed by atoms with Gasteiger partial charge >= 0.3 is 6.97 Å². The van der Waals surface area contributed by atoms with Gasteiger partial charge in [-0.2, -0.15) is 0 Å². The van der Waals surface area contributed by atoms with Gasteiger partial charge in [0.2, 0.25) is 5.91 Å². The SMILES string of the molecule is CCCCCCCCCCCCC(=O)N[C@@H](CO)[C@H](O)C=CCCCCCCCCCC1=[N+]2C(=Cc3c(C)cc(C)n3[B-]2(F)F)C=C1. The van der Waals surface area contributed by atoms with Crippen LogP contribution < -0.4 is 5.32 Å². The molecule has 2 aliphatic rings. The van der Waals surface area contributed by atoms with Crippen molar-refractivity contribution in [3.05, 3.63) is 53.0 Å². The standard InChI is InChI=1S/C38H62BF2N3O3/c1-4-5-6-7-8-9-13-16-19-22-25-38(47)42-35(30-45)37(46)24-21-18-15-12-10-11-14-17-20-23-33-26-27-34-29-36-31(2)28-32(3)43(36)39(40,41)44(33)34/h21,24,26-29,35,37,45-46H,4-20,22-23,25,30H2,1-3H3,(H,42,47)/t35-,37+/m0/s1. The molecule has 6 nitrogen and oxygen atoms in total. The van der Waals surface area contributed by atoms with E-state index in [-0.39, 0.29) is 12.5 Å². The van der Waals surface area contributed by atoms with Crippen molar-refractivity contribution in [2.24, 2.45) is 0 Å². The van der Waals surface area contributed by atoms with Gasteiger partial charge in [-0.1, -0.05) is 109 Å². The molecule has 2 aliphatic heterocycles. The maximum atomic E-state index is 15.5. The summed E-state index contributed by atoms with van der Waals surface area (Å²) in [4.78, 5) is 12.3. The summed E-state index contributed by atoms with van der Waals surface area (Å²) < 4.78 is 33.6. The quantitative estimate of drug-likeness (QED) is 0.0559. The van der Waals surface area contributed by atoms with E-state index in [1.807, 2.05) is 37.3 Å². The Balaban J connectivity index is 1.20. The number of nitrogens with zero attached hydrogens (tertiary/aromatic N) is 2. The summed E-state index contributed by atoms with van der Waals surface area (Å²) in [6.45, 7) is 1.70. The van der Waals surface area contributed by atoms with E-state index < -0.39 is 19.1 Å². The van der Waals surface area contributed by atoms with E-state index in [0.29, 0.717) is 35.6 Å². The van der Waals surface area contributed by atoms with Crippen LogP contribution >= 0.6 is 0 Å². The number of aryl methyl sites for hydroxylation is 2. The minimum atomic E-state index is -3.88. The Hall–Kier alpha value is -2.52. The minimum Gasteiger partial charge on any atom is -0.394 e. The van der Waals surface area contributed by atoms with Gasteiger partial charge < -0.3 is 33.1 Å². The van der Waals surface area contributed by atoms with Crippen LogP contribution in [0.3, 0.4) is 0 Å². The fraction of sp³-hybridized carbons (Fsp3) is 0.684. The average Bonchev–Trinajstić information content (AvgIpc) is 3.59. The van der Waals surface area contributed by atoms with Crippen LogP contribution in [0.2, 0.25) is 0 Å². The van der Waals surface area contributed by atoms with Crippen molar-refractivity contribution in [3.8, 4) is 0 Å². The van der Waals surface area contributed by atoms with E-state index in [9.17, 15) is 15.0 Å². The summed E-state index contributed by atoms with van der Waals surface area (Å²) in [6, 6.07) is 1.16. The zero-order valence-electron chi connectivity index (χ0n) is 29.5. The number of fused-ring (bicyclic) bond motifs is 2. The number of aliphatic hydroxyl groups excluding tert-OH is 2. The molecule has 1 aromatic rings. The summed E-state index contributed by atoms with van der Waals surface area (Å²) in [5.41, 5.74) is 3.41. The summed E-state index contributed by atoms with van der Waals surface area (Å²) in [7, 11) is 0. The highest BCUT2D eigenvalue weighted by Gasteiger charge is 2.52. The smallest absolute Gasteiger partial charge is 0.394 e. The Morgan fingerprint density at radius 2 is 1.51 bits per heavy atom. The maximum absolute atomic E-state index is 15.5. The Morgan fingerprint density at radius 3 is 2.15 bits per heavy atom. The number of hydrogen-bond acceptors (Lipinski definition) is 3. The van der Waals surface area contributed by atoms with Crippen LogP contribution in [0.25, 0.3) is 6.08 Å². The minimum absolute atomic E-state index is 0.109. The molecule has 0 saturated heterocycles. The molecule has 0 fully saturated rings. The fourth-order valence-electron chi connectivity index (χ4n) is 7.01. The lowest BCUT2D eigenvalue weighted by atomic mass is 9.90. The van der Waals surface area contributed by atoms with E-state index in [4.69, 9.17) is 0 Å². The third-order valence-electron chi connectivity index (χ3n) is 9.76. The van der Waals surface area contributed by atoms with Gasteiger partial charge in [-0.15, -0.1) is 0 Å². The summed E-state index contributed by atoms with van der Waals surface area (Å²) in [5.74, 6) is -0.109. The molecule has 264 valence electrons. The van der Waals surface area contributed by atoms with E-state index in [2.05, 4.69) is 12.2 Å². The summed E-state index contributed by atoms with van der Waals surface area (Å²) in [6.07, 6.45) is 29.7. The third-order valence-corrected chi connectivity index (χ3v) is 9.76. The summed E-state index contributed by atoms with van der Waals surface area (Å²) in [5, 5.41) is 22.9. The molecule has 9 heteroatoms. The number of carbonyl (C=O) groups excluding carboxylic acids is 1. The molecule has 0 aliphatic carbocycles. The molecule has 0 saturated carbocycles. The van der Waals surface area contributed by atoms with Gasteiger partial charge in [0.25, 0.3) is 0 Å². The topological polar surface area (TPSA) is 77.5 Å². The molecule has 3 N–H and O–H groups in total. The van der Waals surface area contributed by atoms with Gasteiger partial charge in [-0.3, -0.25) is 4.79 Å². The highest BCUT2D eigenvalue weighted by atomic mass is 19.2. The van der Waals surface area contributed by atoms with Crippen LogP contribution in [0.1, 0.15) is 152 Å². The molecule has 0 radical (unpaired) electrons. The van der Waals surface area contributed by atoms with Crippen molar-refractivity contribution < 1.29 is 28.1 Å². The van der Waals surface area contributed by atoms with Crippen LogP contribution in [0.4, 0.5) is 8.63 Å². The van der Waals surface area contributed by atoms with Gasteiger partial charge in [0.05, 0.1) is 18.8 Å². The van der Waals surface area contributed by atoms with E-state index in [0.717, 1.165) is 76.2 Å². The van der Waals surface area contributed by atoms with Crippen LogP contribution in [-0.2, 0) is 4.79 Å². The van der Waals surface area contributed by atoms with Crippen LogP contribution in [0.5, 0.6) is 0 Å². The van der Waals surface area contributed by atoms with E-state index in [1.54, 1.807) is 13.0 Å². The first-order chi connectivity index (χ1) is 22.7. The van der Waals surface area contributed by atoms with Crippen LogP contribution in [-0.4, -0.2) is 56.5 Å². The lowest BCUT2D eigenvalue weighted by Gasteiger charge is -2.30. The zero-order chi connectivity index (χ0) is 34.1. The van der Waals surface area contributed by atoms with E-state index in [1.165, 1.54) is 53.9 Å². The number of aliphatic hydroxyl groups is 2. The van der Waals surface area contributed by atoms with Gasteiger partial charge in [0, 0.05) is 36.8 Å². The number of halogens is 2. The molecule has 1 amide bonds. The zero-order valence-corrected chi connectivity index (χ0v) is 29.5. The van der Waals surface area contributed by atoms with Crippen molar-refractivity contribution in [1.82, 2.24) is 9.79 Å². The Labute approximate surface area is 283 Å². The number of allylic oxidation sites excluding steroid dienone is 3. The molecule has 3 rings (SSSR count). The second-order valence-electron chi connectivity index (χ2n) is 13.8. The lowest BCUT2D eigenvalue weighted by molar-refractivity contribution is -0.362. The molecule has 2 atom stereocenters. The normalized spacial score (nSPS) is 16.4. The van der Waals surface area contributed by atoms with Crippen LogP contribution in [0.15, 0.2) is 36.1 Å². The molecular formula is C38H62BF2N3O3. The lowest BCUT2D eigenvalue weighted by Crippen LogP contribution is -2.50. The molecule has 1 aromatic heterocycles. The van der Waals surface area contributed by atoms with Crippen molar-refractivity contribution in [2.75, 3.05) is 6.61 Å². The molecule has 0 aromatic carbocycles. The summed E-state index contributed by atoms with van der Waals surface area (Å²) >= 11 is 0. The molecule has 0 unspecified atom stereocenters. The average molecular weight is 658 g/mol. The van der Waals surface area contributed by atoms with Crippen molar-refractivity contribution in [2.45, 2.75) is 161 Å². The number of hydrogen-bond donors (Lipinski definition) is 3.